The van der Waals surface area contributed by atoms with Crippen LogP contribution in [0.15, 0.2) is 35.4 Å². The van der Waals surface area contributed by atoms with Gasteiger partial charge in [0, 0.05) is 62.8 Å². The molecule has 5 rings (SSSR count). The van der Waals surface area contributed by atoms with E-state index >= 15 is 0 Å². The van der Waals surface area contributed by atoms with Gasteiger partial charge in [0.15, 0.2) is 0 Å². The molecule has 0 radical (unpaired) electrons. The number of aryl methyl sites for hydroxylation is 1. The van der Waals surface area contributed by atoms with E-state index < -0.39 is 17.4 Å². The molecule has 12 heteroatoms. The summed E-state index contributed by atoms with van der Waals surface area (Å²) in [5.41, 5.74) is 1.13. The number of piperazine rings is 1. The predicted molar refractivity (Wildman–Crippen MR) is 139 cm³/mol. The first kappa shape index (κ1) is 25.6. The highest BCUT2D eigenvalue weighted by atomic mass is 35.5. The number of anilines is 1. The summed E-state index contributed by atoms with van der Waals surface area (Å²) < 4.78 is 28.0. The second kappa shape index (κ2) is 10.0. The Hall–Kier alpha value is -3.05. The third-order valence-electron chi connectivity index (χ3n) is 7.01. The van der Waals surface area contributed by atoms with Gasteiger partial charge >= 0.3 is 0 Å². The largest absolute Gasteiger partial charge is 0.368 e. The average molecular weight is 550 g/mol. The summed E-state index contributed by atoms with van der Waals surface area (Å²) in [5, 5.41) is 0.973. The first-order valence-electron chi connectivity index (χ1n) is 12.1. The molecule has 4 heterocycles. The number of carbonyl (C=O) groups is 2. The second-order valence-corrected chi connectivity index (χ2v) is 10.8. The van der Waals surface area contributed by atoms with Crippen LogP contribution in [0.2, 0.25) is 5.02 Å². The normalized spacial score (nSPS) is 17.9. The number of piperidine rings is 1. The van der Waals surface area contributed by atoms with Crippen molar-refractivity contribution >= 4 is 50.7 Å². The van der Waals surface area contributed by atoms with Crippen LogP contribution >= 0.6 is 22.9 Å². The molecule has 0 unspecified atom stereocenters. The summed E-state index contributed by atoms with van der Waals surface area (Å²) in [6.45, 7) is 3.72. The number of fused-ring (bicyclic) bond motifs is 1. The van der Waals surface area contributed by atoms with Crippen molar-refractivity contribution in [1.29, 1.82) is 0 Å². The van der Waals surface area contributed by atoms with E-state index in [0.717, 1.165) is 5.69 Å². The van der Waals surface area contributed by atoms with Crippen molar-refractivity contribution in [3.05, 3.63) is 56.4 Å². The van der Waals surface area contributed by atoms with E-state index in [1.54, 1.807) is 11.8 Å². The summed E-state index contributed by atoms with van der Waals surface area (Å²) in [5.74, 6) is -3.31. The molecule has 0 atom stereocenters. The second-order valence-electron chi connectivity index (χ2n) is 9.41. The molecule has 2 aliphatic rings. The predicted octanol–water partition coefficient (Wildman–Crippen LogP) is 3.64. The van der Waals surface area contributed by atoms with E-state index in [0.29, 0.717) is 51.9 Å². The van der Waals surface area contributed by atoms with Crippen molar-refractivity contribution in [2.45, 2.75) is 32.2 Å². The maximum atomic E-state index is 13.4. The van der Waals surface area contributed by atoms with E-state index in [-0.39, 0.29) is 38.4 Å². The monoisotopic (exact) mass is 549 g/mol. The van der Waals surface area contributed by atoms with Gasteiger partial charge in [-0.2, -0.15) is 0 Å². The zero-order valence-corrected chi connectivity index (χ0v) is 21.8. The van der Waals surface area contributed by atoms with Crippen LogP contribution in [-0.2, 0) is 11.3 Å². The highest BCUT2D eigenvalue weighted by molar-refractivity contribution is 7.20. The molecule has 1 aromatic carbocycles. The molecule has 3 aromatic rings. The standard InChI is InChI=1S/C25H26ClF2N5O3S/c1-16-20-22(29-15-33(23(20)35)14-19(34)31-7-5-25(27,28)6-8-31)37-21(16)24(36)32-11-9-30(10-12-32)18-4-2-3-17(26)13-18/h2-4,13,15H,5-12,14H2,1H3. The first-order valence-corrected chi connectivity index (χ1v) is 13.3. The van der Waals surface area contributed by atoms with E-state index in [9.17, 15) is 23.2 Å². The first-order chi connectivity index (χ1) is 17.6. The summed E-state index contributed by atoms with van der Waals surface area (Å²) in [7, 11) is 0. The maximum absolute atomic E-state index is 13.4. The fourth-order valence-electron chi connectivity index (χ4n) is 4.79. The lowest BCUT2D eigenvalue weighted by atomic mass is 10.1. The highest BCUT2D eigenvalue weighted by Gasteiger charge is 2.35. The zero-order valence-electron chi connectivity index (χ0n) is 20.3. The molecule has 2 saturated heterocycles. The lowest BCUT2D eigenvalue weighted by Crippen LogP contribution is -2.48. The lowest BCUT2D eigenvalue weighted by Gasteiger charge is -2.36. The number of thiophene rings is 1. The SMILES string of the molecule is Cc1c(C(=O)N2CCN(c3cccc(Cl)c3)CC2)sc2ncn(CC(=O)N3CCC(F)(F)CC3)c(=O)c12. The van der Waals surface area contributed by atoms with Crippen molar-refractivity contribution in [3.63, 3.8) is 0 Å². The molecular weight excluding hydrogens is 524 g/mol. The van der Waals surface area contributed by atoms with Crippen molar-refractivity contribution in [1.82, 2.24) is 19.4 Å². The molecular formula is C25H26ClF2N5O3S. The van der Waals surface area contributed by atoms with Crippen LogP contribution in [-0.4, -0.2) is 76.4 Å². The van der Waals surface area contributed by atoms with Crippen molar-refractivity contribution in [3.8, 4) is 0 Å². The molecule has 2 fully saturated rings. The highest BCUT2D eigenvalue weighted by Crippen LogP contribution is 2.30. The maximum Gasteiger partial charge on any atom is 0.264 e. The average Bonchev–Trinajstić information content (AvgIpc) is 3.22. The van der Waals surface area contributed by atoms with Crippen molar-refractivity contribution in [2.24, 2.45) is 0 Å². The minimum absolute atomic E-state index is 0.0447. The van der Waals surface area contributed by atoms with Crippen LogP contribution in [0.4, 0.5) is 14.5 Å². The smallest absolute Gasteiger partial charge is 0.264 e. The number of amides is 2. The van der Waals surface area contributed by atoms with Gasteiger partial charge in [-0.3, -0.25) is 19.0 Å². The fourth-order valence-corrected chi connectivity index (χ4v) is 6.08. The molecule has 0 aliphatic carbocycles. The minimum Gasteiger partial charge on any atom is -0.368 e. The van der Waals surface area contributed by atoms with Gasteiger partial charge in [0.05, 0.1) is 16.6 Å². The number of rotatable bonds is 4. The number of aromatic nitrogens is 2. The molecule has 2 aliphatic heterocycles. The number of hydrogen-bond donors (Lipinski definition) is 0. The summed E-state index contributed by atoms with van der Waals surface area (Å²) in [4.78, 5) is 49.7. The lowest BCUT2D eigenvalue weighted by molar-refractivity contribution is -0.137. The van der Waals surface area contributed by atoms with E-state index in [4.69, 9.17) is 11.6 Å². The molecule has 0 bridgehead atoms. The van der Waals surface area contributed by atoms with Crippen LogP contribution in [0.3, 0.4) is 0 Å². The fraction of sp³-hybridized carbons (Fsp3) is 0.440. The van der Waals surface area contributed by atoms with Crippen molar-refractivity contribution in [2.75, 3.05) is 44.2 Å². The number of nitrogens with zero attached hydrogens (tertiary/aromatic N) is 5. The zero-order chi connectivity index (χ0) is 26.3. The van der Waals surface area contributed by atoms with Gasteiger partial charge in [-0.1, -0.05) is 17.7 Å². The van der Waals surface area contributed by atoms with E-state index in [2.05, 4.69) is 9.88 Å². The molecule has 2 amide bonds. The Balaban J connectivity index is 1.30. The number of halogens is 3. The third kappa shape index (κ3) is 5.19. The number of benzene rings is 1. The number of likely N-dealkylation sites (tertiary alicyclic amines) is 1. The molecule has 0 saturated carbocycles. The Morgan fingerprint density at radius 3 is 2.46 bits per heavy atom. The Bertz CT molecular complexity index is 1410. The van der Waals surface area contributed by atoms with Crippen LogP contribution in [0.1, 0.15) is 28.1 Å². The van der Waals surface area contributed by atoms with Gasteiger partial charge in [-0.15, -0.1) is 11.3 Å². The Labute approximate surface area is 221 Å². The molecule has 0 N–H and O–H groups in total. The molecule has 2 aromatic heterocycles. The van der Waals surface area contributed by atoms with Gasteiger partial charge in [0.25, 0.3) is 17.4 Å². The molecule has 37 heavy (non-hydrogen) atoms. The van der Waals surface area contributed by atoms with Gasteiger partial charge in [-0.25, -0.2) is 13.8 Å². The van der Waals surface area contributed by atoms with Gasteiger partial charge in [0.2, 0.25) is 5.91 Å². The third-order valence-corrected chi connectivity index (χ3v) is 8.43. The van der Waals surface area contributed by atoms with E-state index in [1.807, 2.05) is 24.3 Å². The minimum atomic E-state index is -2.76. The summed E-state index contributed by atoms with van der Waals surface area (Å²) in [6.07, 6.45) is 0.524. The number of hydrogen-bond acceptors (Lipinski definition) is 6. The number of alkyl halides is 2. The Kier molecular flexibility index (Phi) is 6.93. The van der Waals surface area contributed by atoms with Crippen molar-refractivity contribution < 1.29 is 18.4 Å². The Morgan fingerprint density at radius 1 is 1.08 bits per heavy atom. The van der Waals surface area contributed by atoms with Gasteiger partial charge in [-0.05, 0) is 30.7 Å². The summed E-state index contributed by atoms with van der Waals surface area (Å²) in [6, 6.07) is 7.61. The quantitative estimate of drug-likeness (QED) is 0.496. The summed E-state index contributed by atoms with van der Waals surface area (Å²) >= 11 is 7.28. The Morgan fingerprint density at radius 2 is 1.78 bits per heavy atom. The molecule has 0 spiro atoms. The topological polar surface area (TPSA) is 78.8 Å². The van der Waals surface area contributed by atoms with Crippen LogP contribution < -0.4 is 10.5 Å². The molecule has 8 nitrogen and oxygen atoms in total. The number of carbonyl (C=O) groups excluding carboxylic acids is 2. The molecule has 196 valence electrons. The van der Waals surface area contributed by atoms with Gasteiger partial charge in [0.1, 0.15) is 11.4 Å². The van der Waals surface area contributed by atoms with E-state index in [1.165, 1.54) is 27.1 Å². The van der Waals surface area contributed by atoms with Crippen LogP contribution in [0.5, 0.6) is 0 Å². The van der Waals surface area contributed by atoms with Crippen LogP contribution in [0, 0.1) is 6.92 Å². The van der Waals surface area contributed by atoms with Crippen LogP contribution in [0.25, 0.3) is 10.2 Å². The van der Waals surface area contributed by atoms with Gasteiger partial charge < -0.3 is 14.7 Å².